The Hall–Kier alpha value is -2.05. The first kappa shape index (κ1) is 18.0. The molecule has 3 aromatic rings. The fraction of sp³-hybridized carbons (Fsp3) is 0.500. The van der Waals surface area contributed by atoms with E-state index in [1.807, 2.05) is 12.3 Å². The molecule has 5 rings (SSSR count). The second kappa shape index (κ2) is 7.41. The van der Waals surface area contributed by atoms with Crippen molar-refractivity contribution in [3.8, 4) is 0 Å². The van der Waals surface area contributed by atoms with Crippen LogP contribution in [0.15, 0.2) is 30.7 Å². The number of aromatic nitrogens is 3. The molecular formula is C22H27N5S. The van der Waals surface area contributed by atoms with Crippen LogP contribution in [0.5, 0.6) is 0 Å². The van der Waals surface area contributed by atoms with Crippen molar-refractivity contribution >= 4 is 27.4 Å². The van der Waals surface area contributed by atoms with Gasteiger partial charge in [-0.05, 0) is 63.1 Å². The van der Waals surface area contributed by atoms with Gasteiger partial charge in [0.15, 0.2) is 0 Å². The molecule has 1 N–H and O–H groups in total. The number of hydrogen-bond acceptors (Lipinski definition) is 6. The second-order valence-corrected chi connectivity index (χ2v) is 9.46. The van der Waals surface area contributed by atoms with Gasteiger partial charge in [0.25, 0.3) is 0 Å². The van der Waals surface area contributed by atoms with Gasteiger partial charge in [0.1, 0.15) is 17.0 Å². The van der Waals surface area contributed by atoms with Crippen LogP contribution in [0.2, 0.25) is 0 Å². The maximum atomic E-state index is 4.72. The van der Waals surface area contributed by atoms with E-state index in [9.17, 15) is 0 Å². The number of pyridine rings is 1. The Morgan fingerprint density at radius 1 is 1.11 bits per heavy atom. The van der Waals surface area contributed by atoms with Gasteiger partial charge in [-0.15, -0.1) is 11.3 Å². The van der Waals surface area contributed by atoms with E-state index in [4.69, 9.17) is 4.98 Å². The van der Waals surface area contributed by atoms with Gasteiger partial charge >= 0.3 is 0 Å². The third-order valence-corrected chi connectivity index (χ3v) is 7.04. The minimum absolute atomic E-state index is 0.406. The molecule has 6 heteroatoms. The number of piperidine rings is 1. The standard InChI is InChI=1S/C22H27N5S/c1-14-4-3-9-23-19(14)20(16-5-6-16)26-17-7-10-27(11-8-17)21-18-12-15(2)28-22(18)25-13-24-21/h3-4,9,12-13,16-17,20,26H,5-8,10-11H2,1-2H3. The molecule has 0 radical (unpaired) electrons. The lowest BCUT2D eigenvalue weighted by molar-refractivity contribution is 0.344. The zero-order chi connectivity index (χ0) is 19.1. The molecule has 1 unspecified atom stereocenters. The summed E-state index contributed by atoms with van der Waals surface area (Å²) < 4.78 is 0. The first-order valence-electron chi connectivity index (χ1n) is 10.3. The van der Waals surface area contributed by atoms with Gasteiger partial charge in [0.05, 0.1) is 17.1 Å². The van der Waals surface area contributed by atoms with Crippen molar-refractivity contribution in [1.29, 1.82) is 0 Å². The Morgan fingerprint density at radius 2 is 1.93 bits per heavy atom. The van der Waals surface area contributed by atoms with Crippen LogP contribution in [0.1, 0.15) is 47.9 Å². The summed E-state index contributed by atoms with van der Waals surface area (Å²) in [5.74, 6) is 1.86. The number of hydrogen-bond donors (Lipinski definition) is 1. The molecule has 2 fully saturated rings. The quantitative estimate of drug-likeness (QED) is 0.696. The molecule has 0 spiro atoms. The summed E-state index contributed by atoms with van der Waals surface area (Å²) in [6.45, 7) is 6.41. The van der Waals surface area contributed by atoms with Gasteiger partial charge in [-0.25, -0.2) is 9.97 Å². The van der Waals surface area contributed by atoms with Gasteiger partial charge in [0, 0.05) is 30.2 Å². The van der Waals surface area contributed by atoms with Crippen molar-refractivity contribution < 1.29 is 0 Å². The molecule has 4 heterocycles. The van der Waals surface area contributed by atoms with E-state index in [1.165, 1.54) is 34.4 Å². The molecule has 1 saturated heterocycles. The zero-order valence-corrected chi connectivity index (χ0v) is 17.4. The third kappa shape index (κ3) is 3.51. The highest BCUT2D eigenvalue weighted by Gasteiger charge is 2.36. The topological polar surface area (TPSA) is 53.9 Å². The highest BCUT2D eigenvalue weighted by molar-refractivity contribution is 7.18. The van der Waals surface area contributed by atoms with E-state index in [1.54, 1.807) is 17.7 Å². The number of thiophene rings is 1. The van der Waals surface area contributed by atoms with Crippen molar-refractivity contribution in [2.45, 2.75) is 51.6 Å². The summed E-state index contributed by atoms with van der Waals surface area (Å²) >= 11 is 1.75. The van der Waals surface area contributed by atoms with Crippen LogP contribution in [0.3, 0.4) is 0 Å². The number of rotatable bonds is 5. The SMILES string of the molecule is Cc1cc2c(N3CCC(NC(c4ncccc4C)C4CC4)CC3)ncnc2s1. The normalized spacial score (nSPS) is 19.3. The summed E-state index contributed by atoms with van der Waals surface area (Å²) in [5, 5.41) is 5.17. The summed E-state index contributed by atoms with van der Waals surface area (Å²) in [5.41, 5.74) is 2.55. The lowest BCUT2D eigenvalue weighted by Crippen LogP contribution is -2.44. The lowest BCUT2D eigenvalue weighted by Gasteiger charge is -2.35. The van der Waals surface area contributed by atoms with Gasteiger partial charge in [-0.2, -0.15) is 0 Å². The number of nitrogens with one attached hydrogen (secondary N) is 1. The van der Waals surface area contributed by atoms with Crippen LogP contribution in [0.25, 0.3) is 10.2 Å². The predicted molar refractivity (Wildman–Crippen MR) is 115 cm³/mol. The van der Waals surface area contributed by atoms with Crippen molar-refractivity contribution in [3.63, 3.8) is 0 Å². The maximum absolute atomic E-state index is 4.72. The molecule has 1 saturated carbocycles. The van der Waals surface area contributed by atoms with E-state index in [-0.39, 0.29) is 0 Å². The van der Waals surface area contributed by atoms with Crippen molar-refractivity contribution in [3.05, 3.63) is 46.9 Å². The average Bonchev–Trinajstić information content (AvgIpc) is 3.47. The van der Waals surface area contributed by atoms with Crippen LogP contribution in [0, 0.1) is 19.8 Å². The molecule has 146 valence electrons. The number of aryl methyl sites for hydroxylation is 2. The Labute approximate surface area is 170 Å². The number of fused-ring (bicyclic) bond motifs is 1. The molecule has 28 heavy (non-hydrogen) atoms. The first-order chi connectivity index (χ1) is 13.7. The van der Waals surface area contributed by atoms with Crippen LogP contribution in [-0.2, 0) is 0 Å². The van der Waals surface area contributed by atoms with Gasteiger partial charge in [0.2, 0.25) is 0 Å². The molecule has 0 aromatic carbocycles. The molecule has 0 amide bonds. The fourth-order valence-corrected chi connectivity index (χ4v) is 5.26. The summed E-state index contributed by atoms with van der Waals surface area (Å²) in [7, 11) is 0. The summed E-state index contributed by atoms with van der Waals surface area (Å²) in [6, 6.07) is 7.40. The van der Waals surface area contributed by atoms with Gasteiger partial charge < -0.3 is 10.2 Å². The molecular weight excluding hydrogens is 366 g/mol. The first-order valence-corrected chi connectivity index (χ1v) is 11.1. The van der Waals surface area contributed by atoms with Crippen LogP contribution >= 0.6 is 11.3 Å². The van der Waals surface area contributed by atoms with Crippen molar-refractivity contribution in [2.24, 2.45) is 5.92 Å². The predicted octanol–water partition coefficient (Wildman–Crippen LogP) is 4.41. The third-order valence-electron chi connectivity index (χ3n) is 6.08. The van der Waals surface area contributed by atoms with Gasteiger partial charge in [-0.3, -0.25) is 4.98 Å². The maximum Gasteiger partial charge on any atom is 0.140 e. The molecule has 3 aromatic heterocycles. The van der Waals surface area contributed by atoms with E-state index < -0.39 is 0 Å². The van der Waals surface area contributed by atoms with E-state index in [2.05, 4.69) is 46.2 Å². The molecule has 2 aliphatic rings. The minimum atomic E-state index is 0.406. The minimum Gasteiger partial charge on any atom is -0.356 e. The highest BCUT2D eigenvalue weighted by atomic mass is 32.1. The fourth-order valence-electron chi connectivity index (χ4n) is 4.42. The average molecular weight is 394 g/mol. The Kier molecular flexibility index (Phi) is 4.77. The Balaban J connectivity index is 1.28. The largest absolute Gasteiger partial charge is 0.356 e. The van der Waals surface area contributed by atoms with Crippen molar-refractivity contribution in [1.82, 2.24) is 20.3 Å². The zero-order valence-electron chi connectivity index (χ0n) is 16.6. The van der Waals surface area contributed by atoms with E-state index in [0.717, 1.165) is 42.5 Å². The summed E-state index contributed by atoms with van der Waals surface area (Å²) in [6.07, 6.45) is 8.58. The smallest absolute Gasteiger partial charge is 0.140 e. The van der Waals surface area contributed by atoms with Gasteiger partial charge in [-0.1, -0.05) is 6.07 Å². The molecule has 1 aliphatic carbocycles. The molecule has 1 aliphatic heterocycles. The lowest BCUT2D eigenvalue weighted by atomic mass is 9.98. The molecule has 1 atom stereocenters. The molecule has 0 bridgehead atoms. The van der Waals surface area contributed by atoms with Crippen molar-refractivity contribution in [2.75, 3.05) is 18.0 Å². The highest BCUT2D eigenvalue weighted by Crippen LogP contribution is 2.42. The van der Waals surface area contributed by atoms with Crippen LogP contribution in [0.4, 0.5) is 5.82 Å². The Morgan fingerprint density at radius 3 is 2.68 bits per heavy atom. The monoisotopic (exact) mass is 393 g/mol. The van der Waals surface area contributed by atoms with Crippen LogP contribution < -0.4 is 10.2 Å². The second-order valence-electron chi connectivity index (χ2n) is 8.22. The summed E-state index contributed by atoms with van der Waals surface area (Å²) in [4.78, 5) is 18.6. The number of nitrogens with zero attached hydrogens (tertiary/aromatic N) is 4. The van der Waals surface area contributed by atoms with E-state index >= 15 is 0 Å². The van der Waals surface area contributed by atoms with E-state index in [0.29, 0.717) is 12.1 Å². The number of anilines is 1. The van der Waals surface area contributed by atoms with Crippen LogP contribution in [-0.4, -0.2) is 34.1 Å². The molecule has 5 nitrogen and oxygen atoms in total. The Bertz CT molecular complexity index is 972.